The number of para-hydroxylation sites is 1. The van der Waals surface area contributed by atoms with Crippen molar-refractivity contribution < 1.29 is 14.0 Å². The fourth-order valence-electron chi connectivity index (χ4n) is 2.42. The topological polar surface area (TPSA) is 89.2 Å². The van der Waals surface area contributed by atoms with Crippen LogP contribution in [0.4, 0.5) is 5.69 Å². The lowest BCUT2D eigenvalue weighted by molar-refractivity contribution is 0.0950. The largest absolute Gasteiger partial charge is 0.469 e. The maximum atomic E-state index is 12.5. The summed E-state index contributed by atoms with van der Waals surface area (Å²) in [5.41, 5.74) is 1.25. The van der Waals surface area contributed by atoms with E-state index in [9.17, 15) is 9.59 Å². The van der Waals surface area contributed by atoms with E-state index in [2.05, 4.69) is 15.6 Å². The van der Waals surface area contributed by atoms with E-state index in [4.69, 9.17) is 4.42 Å². The third-order valence-corrected chi connectivity index (χ3v) is 3.85. The maximum absolute atomic E-state index is 12.5. The number of carbonyl (C=O) groups is 2. The molecule has 25 heavy (non-hydrogen) atoms. The molecule has 0 saturated heterocycles. The zero-order valence-electron chi connectivity index (χ0n) is 13.9. The fourth-order valence-corrected chi connectivity index (χ4v) is 2.42. The van der Waals surface area contributed by atoms with Crippen LogP contribution in [-0.4, -0.2) is 21.4 Å². The average Bonchev–Trinajstić information content (AvgIpc) is 3.21. The molecule has 1 aromatic carbocycles. The van der Waals surface area contributed by atoms with Crippen LogP contribution < -0.4 is 10.6 Å². The summed E-state index contributed by atoms with van der Waals surface area (Å²) in [6, 6.07) is 8.44. The van der Waals surface area contributed by atoms with Crippen LogP contribution in [0.1, 0.15) is 32.3 Å². The van der Waals surface area contributed by atoms with E-state index < -0.39 is 0 Å². The summed E-state index contributed by atoms with van der Waals surface area (Å²) in [4.78, 5) is 29.0. The van der Waals surface area contributed by atoms with Crippen LogP contribution in [0.3, 0.4) is 0 Å². The standard InChI is InChI=1S/C18H18N4O3/c1-12-13(7-10-25-12)18(24)21-15-6-4-3-5-14(15)17(23)20-11-16-19-8-9-22(16)2/h3-10H,11H2,1-2H3,(H,20,23)(H,21,24). The van der Waals surface area contributed by atoms with Crippen molar-refractivity contribution in [1.29, 1.82) is 0 Å². The lowest BCUT2D eigenvalue weighted by Gasteiger charge is -2.11. The normalized spacial score (nSPS) is 10.5. The molecular weight excluding hydrogens is 320 g/mol. The summed E-state index contributed by atoms with van der Waals surface area (Å²) in [7, 11) is 1.86. The van der Waals surface area contributed by atoms with Gasteiger partial charge in [0.25, 0.3) is 11.8 Å². The third-order valence-electron chi connectivity index (χ3n) is 3.85. The SMILES string of the molecule is Cc1occc1C(=O)Nc1ccccc1C(=O)NCc1nccn1C. The summed E-state index contributed by atoms with van der Waals surface area (Å²) >= 11 is 0. The minimum Gasteiger partial charge on any atom is -0.469 e. The Morgan fingerprint density at radius 2 is 1.96 bits per heavy atom. The minimum absolute atomic E-state index is 0.289. The van der Waals surface area contributed by atoms with E-state index in [-0.39, 0.29) is 11.8 Å². The number of aromatic nitrogens is 2. The van der Waals surface area contributed by atoms with Gasteiger partial charge in [-0.25, -0.2) is 4.98 Å². The Morgan fingerprint density at radius 3 is 2.64 bits per heavy atom. The number of rotatable bonds is 5. The molecule has 3 rings (SSSR count). The van der Waals surface area contributed by atoms with E-state index >= 15 is 0 Å². The maximum Gasteiger partial charge on any atom is 0.259 e. The highest BCUT2D eigenvalue weighted by Gasteiger charge is 2.16. The average molecular weight is 338 g/mol. The Balaban J connectivity index is 1.74. The van der Waals surface area contributed by atoms with Crippen LogP contribution in [0, 0.1) is 6.92 Å². The molecule has 0 aliphatic rings. The molecule has 0 fully saturated rings. The summed E-state index contributed by atoms with van der Waals surface area (Å²) in [6.45, 7) is 2.01. The van der Waals surface area contributed by atoms with Gasteiger partial charge in [0, 0.05) is 19.4 Å². The quantitative estimate of drug-likeness (QED) is 0.748. The van der Waals surface area contributed by atoms with Gasteiger partial charge in [-0.05, 0) is 25.1 Å². The predicted molar refractivity (Wildman–Crippen MR) is 92.2 cm³/mol. The van der Waals surface area contributed by atoms with Gasteiger partial charge < -0.3 is 19.6 Å². The molecule has 0 bridgehead atoms. The number of imidazole rings is 1. The number of amides is 2. The number of carbonyl (C=O) groups excluding carboxylic acids is 2. The summed E-state index contributed by atoms with van der Waals surface area (Å²) in [6.07, 6.45) is 4.93. The number of anilines is 1. The van der Waals surface area contributed by atoms with Crippen molar-refractivity contribution in [3.8, 4) is 0 Å². The number of nitrogens with zero attached hydrogens (tertiary/aromatic N) is 2. The lowest BCUT2D eigenvalue weighted by Crippen LogP contribution is -2.26. The summed E-state index contributed by atoms with van der Waals surface area (Å²) in [5.74, 6) is 0.650. The molecule has 2 heterocycles. The lowest BCUT2D eigenvalue weighted by atomic mass is 10.1. The molecule has 0 unspecified atom stereocenters. The Morgan fingerprint density at radius 1 is 1.16 bits per heavy atom. The predicted octanol–water partition coefficient (Wildman–Crippen LogP) is 2.50. The highest BCUT2D eigenvalue weighted by molar-refractivity contribution is 6.09. The molecule has 0 atom stereocenters. The van der Waals surface area contributed by atoms with Crippen molar-refractivity contribution >= 4 is 17.5 Å². The second kappa shape index (κ2) is 7.04. The van der Waals surface area contributed by atoms with Gasteiger partial charge in [0.15, 0.2) is 0 Å². The Kier molecular flexibility index (Phi) is 4.65. The molecule has 2 amide bonds. The van der Waals surface area contributed by atoms with E-state index in [1.807, 2.05) is 17.8 Å². The van der Waals surface area contributed by atoms with E-state index in [1.165, 1.54) is 6.26 Å². The molecule has 128 valence electrons. The first-order valence-corrected chi connectivity index (χ1v) is 7.75. The molecule has 0 radical (unpaired) electrons. The van der Waals surface area contributed by atoms with Crippen LogP contribution in [0.25, 0.3) is 0 Å². The first-order valence-electron chi connectivity index (χ1n) is 7.75. The van der Waals surface area contributed by atoms with Crippen LogP contribution >= 0.6 is 0 Å². The van der Waals surface area contributed by atoms with Gasteiger partial charge in [-0.15, -0.1) is 0 Å². The van der Waals surface area contributed by atoms with Crippen molar-refractivity contribution in [3.63, 3.8) is 0 Å². The molecule has 0 aliphatic carbocycles. The second-order valence-electron chi connectivity index (χ2n) is 5.53. The Bertz CT molecular complexity index is 910. The van der Waals surface area contributed by atoms with Crippen LogP contribution in [0.5, 0.6) is 0 Å². The smallest absolute Gasteiger partial charge is 0.259 e. The van der Waals surface area contributed by atoms with Crippen molar-refractivity contribution in [3.05, 3.63) is 71.7 Å². The number of hydrogen-bond acceptors (Lipinski definition) is 4. The van der Waals surface area contributed by atoms with Gasteiger partial charge in [0.1, 0.15) is 11.6 Å². The highest BCUT2D eigenvalue weighted by Crippen LogP contribution is 2.18. The highest BCUT2D eigenvalue weighted by atomic mass is 16.3. The number of hydrogen-bond donors (Lipinski definition) is 2. The Labute approximate surface area is 144 Å². The molecule has 0 saturated carbocycles. The minimum atomic E-state index is -0.324. The first-order chi connectivity index (χ1) is 12.1. The van der Waals surface area contributed by atoms with Gasteiger partial charge in [-0.1, -0.05) is 12.1 Å². The number of furan rings is 1. The molecule has 7 heteroatoms. The molecule has 3 aromatic rings. The zero-order valence-corrected chi connectivity index (χ0v) is 13.9. The zero-order chi connectivity index (χ0) is 17.8. The van der Waals surface area contributed by atoms with Crippen LogP contribution in [0.2, 0.25) is 0 Å². The fraction of sp³-hybridized carbons (Fsp3) is 0.167. The van der Waals surface area contributed by atoms with Gasteiger partial charge in [0.2, 0.25) is 0 Å². The molecule has 7 nitrogen and oxygen atoms in total. The first kappa shape index (κ1) is 16.5. The number of nitrogens with one attached hydrogen (secondary N) is 2. The van der Waals surface area contributed by atoms with Crippen LogP contribution in [-0.2, 0) is 13.6 Å². The molecular formula is C18H18N4O3. The third kappa shape index (κ3) is 3.60. The van der Waals surface area contributed by atoms with Gasteiger partial charge in [-0.2, -0.15) is 0 Å². The van der Waals surface area contributed by atoms with Gasteiger partial charge in [0.05, 0.1) is 29.6 Å². The van der Waals surface area contributed by atoms with Crippen LogP contribution in [0.15, 0.2) is 53.4 Å². The second-order valence-corrected chi connectivity index (χ2v) is 5.53. The summed E-state index contributed by atoms with van der Waals surface area (Å²) in [5, 5.41) is 5.57. The van der Waals surface area contributed by atoms with Crippen molar-refractivity contribution in [2.45, 2.75) is 13.5 Å². The monoisotopic (exact) mass is 338 g/mol. The van der Waals surface area contributed by atoms with E-state index in [1.54, 1.807) is 43.5 Å². The Hall–Kier alpha value is -3.35. The molecule has 0 aliphatic heterocycles. The number of aryl methyl sites for hydroxylation is 2. The van der Waals surface area contributed by atoms with Crippen molar-refractivity contribution in [2.24, 2.45) is 7.05 Å². The van der Waals surface area contributed by atoms with Crippen molar-refractivity contribution in [2.75, 3.05) is 5.32 Å². The molecule has 2 N–H and O–H groups in total. The van der Waals surface area contributed by atoms with E-state index in [0.717, 1.165) is 5.82 Å². The van der Waals surface area contributed by atoms with Gasteiger partial charge >= 0.3 is 0 Å². The van der Waals surface area contributed by atoms with E-state index in [0.29, 0.717) is 29.1 Å². The summed E-state index contributed by atoms with van der Waals surface area (Å²) < 4.78 is 6.97. The van der Waals surface area contributed by atoms with Crippen molar-refractivity contribution in [1.82, 2.24) is 14.9 Å². The number of benzene rings is 1. The van der Waals surface area contributed by atoms with Gasteiger partial charge in [-0.3, -0.25) is 9.59 Å². The molecule has 2 aromatic heterocycles. The molecule has 0 spiro atoms.